The molecule has 1 atom stereocenters. The van der Waals surface area contributed by atoms with E-state index in [9.17, 15) is 8.42 Å². The molecule has 2 aromatic heterocycles. The van der Waals surface area contributed by atoms with Crippen molar-refractivity contribution in [3.8, 4) is 0 Å². The van der Waals surface area contributed by atoms with Crippen LogP contribution in [0, 0.1) is 17.8 Å². The molecule has 0 aliphatic rings. The topological polar surface area (TPSA) is 71.6 Å². The van der Waals surface area contributed by atoms with Crippen LogP contribution in [-0.4, -0.2) is 52.9 Å². The fourth-order valence-corrected chi connectivity index (χ4v) is 6.36. The summed E-state index contributed by atoms with van der Waals surface area (Å²) in [6, 6.07) is 6.75. The van der Waals surface area contributed by atoms with E-state index in [1.807, 2.05) is 11.6 Å². The number of aryl methyl sites for hydroxylation is 1. The van der Waals surface area contributed by atoms with Crippen LogP contribution in [0.25, 0.3) is 11.0 Å². The molecule has 3 rings (SSSR count). The Labute approximate surface area is 211 Å². The maximum atomic E-state index is 14.2. The van der Waals surface area contributed by atoms with Crippen LogP contribution in [0.3, 0.4) is 0 Å². The third-order valence-electron chi connectivity index (χ3n) is 6.13. The number of nitrogens with zero attached hydrogens (tertiary/aromatic N) is 4. The minimum atomic E-state index is -3.79. The first-order valence-electron chi connectivity index (χ1n) is 12.6. The van der Waals surface area contributed by atoms with Gasteiger partial charge in [0.15, 0.2) is 0 Å². The highest BCUT2D eigenvalue weighted by Crippen LogP contribution is 2.28. The van der Waals surface area contributed by atoms with E-state index < -0.39 is 10.0 Å². The molecular formula is C27H42N4O3S. The smallest absolute Gasteiger partial charge is 0.243 e. The Morgan fingerprint density at radius 2 is 1.66 bits per heavy atom. The lowest BCUT2D eigenvalue weighted by molar-refractivity contribution is 0.151. The minimum Gasteiger partial charge on any atom is -0.464 e. The number of furan rings is 1. The molecule has 0 radical (unpaired) electrons. The van der Waals surface area contributed by atoms with Crippen molar-refractivity contribution < 1.29 is 12.8 Å². The van der Waals surface area contributed by atoms with Crippen molar-refractivity contribution in [3.63, 3.8) is 0 Å². The van der Waals surface area contributed by atoms with Crippen LogP contribution < -0.4 is 0 Å². The Bertz CT molecular complexity index is 1170. The Balaban J connectivity index is 2.06. The first-order chi connectivity index (χ1) is 16.5. The van der Waals surface area contributed by atoms with E-state index in [4.69, 9.17) is 4.42 Å². The fourth-order valence-electron chi connectivity index (χ4n) is 4.73. The van der Waals surface area contributed by atoms with Crippen LogP contribution in [0.2, 0.25) is 0 Å². The molecule has 2 heterocycles. The largest absolute Gasteiger partial charge is 0.464 e. The number of sulfonamides is 1. The Hall–Kier alpha value is -2.16. The van der Waals surface area contributed by atoms with Crippen LogP contribution in [0.5, 0.6) is 0 Å². The molecule has 0 saturated heterocycles. The number of aromatic nitrogens is 2. The van der Waals surface area contributed by atoms with Crippen LogP contribution in [-0.2, 0) is 23.6 Å². The van der Waals surface area contributed by atoms with Gasteiger partial charge < -0.3 is 13.9 Å². The van der Waals surface area contributed by atoms with Gasteiger partial charge in [-0.15, -0.1) is 0 Å². The molecule has 1 aromatic carbocycles. The summed E-state index contributed by atoms with van der Waals surface area (Å²) in [5.41, 5.74) is 1.55. The van der Waals surface area contributed by atoms with E-state index >= 15 is 0 Å². The summed E-state index contributed by atoms with van der Waals surface area (Å²) in [6.07, 6.45) is 5.84. The molecule has 0 aliphatic carbocycles. The predicted molar refractivity (Wildman–Crippen MR) is 142 cm³/mol. The minimum absolute atomic E-state index is 0.174. The molecule has 0 bridgehead atoms. The standard InChI is InChI=1S/C27H42N4O3S/c1-20(2)12-24(17-30(15-21(3)4)16-22(5)6)31(18-25-14-28-19-29(25)7)35(32,33)26-8-9-27-23(13-26)10-11-34-27/h8-11,13-14,19-22,24H,12,15-18H2,1-7H3/t24-/m0/s1. The van der Waals surface area contributed by atoms with Crippen molar-refractivity contribution >= 4 is 21.0 Å². The predicted octanol–water partition coefficient (Wildman–Crippen LogP) is 5.39. The summed E-state index contributed by atoms with van der Waals surface area (Å²) in [5.74, 6) is 1.35. The van der Waals surface area contributed by atoms with E-state index in [1.54, 1.807) is 47.4 Å². The Morgan fingerprint density at radius 3 is 2.23 bits per heavy atom. The summed E-state index contributed by atoms with van der Waals surface area (Å²) in [4.78, 5) is 6.97. The Kier molecular flexibility index (Phi) is 9.18. The summed E-state index contributed by atoms with van der Waals surface area (Å²) in [6.45, 7) is 16.0. The lowest BCUT2D eigenvalue weighted by atomic mass is 10.0. The highest BCUT2D eigenvalue weighted by atomic mass is 32.2. The molecular weight excluding hydrogens is 460 g/mol. The van der Waals surface area contributed by atoms with Crippen molar-refractivity contribution in [1.82, 2.24) is 18.8 Å². The van der Waals surface area contributed by atoms with E-state index in [2.05, 4.69) is 51.4 Å². The van der Waals surface area contributed by atoms with Crippen LogP contribution >= 0.6 is 0 Å². The third kappa shape index (κ3) is 7.18. The zero-order valence-electron chi connectivity index (χ0n) is 22.3. The first-order valence-corrected chi connectivity index (χ1v) is 14.1. The molecule has 0 unspecified atom stereocenters. The monoisotopic (exact) mass is 502 g/mol. The molecule has 8 heteroatoms. The maximum Gasteiger partial charge on any atom is 0.243 e. The maximum absolute atomic E-state index is 14.2. The van der Waals surface area contributed by atoms with Crippen molar-refractivity contribution in [3.05, 3.63) is 48.7 Å². The van der Waals surface area contributed by atoms with E-state index in [0.717, 1.165) is 30.6 Å². The van der Waals surface area contributed by atoms with Gasteiger partial charge >= 0.3 is 0 Å². The van der Waals surface area contributed by atoms with Crippen LogP contribution in [0.1, 0.15) is 53.7 Å². The van der Waals surface area contributed by atoms with E-state index in [0.29, 0.717) is 34.8 Å². The quantitative estimate of drug-likeness (QED) is 0.314. The molecule has 0 fully saturated rings. The van der Waals surface area contributed by atoms with Gasteiger partial charge in [0.05, 0.1) is 29.7 Å². The molecule has 194 valence electrons. The fraction of sp³-hybridized carbons (Fsp3) is 0.593. The van der Waals surface area contributed by atoms with Gasteiger partial charge in [-0.25, -0.2) is 13.4 Å². The van der Waals surface area contributed by atoms with E-state index in [-0.39, 0.29) is 12.6 Å². The normalized spacial score (nSPS) is 13.8. The van der Waals surface area contributed by atoms with Crippen molar-refractivity contribution in [2.24, 2.45) is 24.8 Å². The average Bonchev–Trinajstić information content (AvgIpc) is 3.38. The van der Waals surface area contributed by atoms with Crippen molar-refractivity contribution in [2.45, 2.75) is 65.4 Å². The molecule has 3 aromatic rings. The van der Waals surface area contributed by atoms with Gasteiger partial charge in [0.1, 0.15) is 5.58 Å². The van der Waals surface area contributed by atoms with Crippen molar-refractivity contribution in [2.75, 3.05) is 19.6 Å². The van der Waals surface area contributed by atoms with Gasteiger partial charge in [-0.05, 0) is 48.4 Å². The average molecular weight is 503 g/mol. The zero-order chi connectivity index (χ0) is 25.8. The second-order valence-electron chi connectivity index (χ2n) is 11.0. The third-order valence-corrected chi connectivity index (χ3v) is 8.03. The lowest BCUT2D eigenvalue weighted by Crippen LogP contribution is -2.48. The molecule has 0 spiro atoms. The van der Waals surface area contributed by atoms with E-state index in [1.165, 1.54) is 0 Å². The van der Waals surface area contributed by atoms with Gasteiger partial charge in [-0.2, -0.15) is 4.31 Å². The highest BCUT2D eigenvalue weighted by Gasteiger charge is 2.34. The molecule has 7 nitrogen and oxygen atoms in total. The van der Waals surface area contributed by atoms with Gasteiger partial charge in [-0.1, -0.05) is 41.5 Å². The zero-order valence-corrected chi connectivity index (χ0v) is 23.1. The number of imidazole rings is 1. The summed E-state index contributed by atoms with van der Waals surface area (Å²) >= 11 is 0. The lowest BCUT2D eigenvalue weighted by Gasteiger charge is -2.37. The van der Waals surface area contributed by atoms with Gasteiger partial charge in [0.2, 0.25) is 10.0 Å². The summed E-state index contributed by atoms with van der Waals surface area (Å²) < 4.78 is 37.5. The van der Waals surface area contributed by atoms with Crippen molar-refractivity contribution in [1.29, 1.82) is 0 Å². The SMILES string of the molecule is CC(C)C[C@@H](CN(CC(C)C)CC(C)C)N(Cc1cncn1C)S(=O)(=O)c1ccc2occc2c1. The number of hydrogen-bond acceptors (Lipinski definition) is 5. The van der Waals surface area contributed by atoms with Gasteiger partial charge in [-0.3, -0.25) is 0 Å². The second kappa shape index (κ2) is 11.7. The molecule has 0 saturated carbocycles. The molecule has 35 heavy (non-hydrogen) atoms. The van der Waals surface area contributed by atoms with Gasteiger partial charge in [0.25, 0.3) is 0 Å². The molecule has 0 aliphatic heterocycles. The summed E-state index contributed by atoms with van der Waals surface area (Å²) in [5, 5.41) is 0.785. The Morgan fingerprint density at radius 1 is 0.971 bits per heavy atom. The number of hydrogen-bond donors (Lipinski definition) is 0. The van der Waals surface area contributed by atoms with Gasteiger partial charge in [0, 0.05) is 44.3 Å². The first kappa shape index (κ1) is 27.4. The van der Waals surface area contributed by atoms with Crippen LogP contribution in [0.4, 0.5) is 0 Å². The summed E-state index contributed by atoms with van der Waals surface area (Å²) in [7, 11) is -1.88. The highest BCUT2D eigenvalue weighted by molar-refractivity contribution is 7.89. The van der Waals surface area contributed by atoms with Crippen LogP contribution in [0.15, 0.2) is 52.4 Å². The molecule has 0 amide bonds. The number of benzene rings is 1. The number of rotatable bonds is 13. The second-order valence-corrected chi connectivity index (χ2v) is 12.8. The number of fused-ring (bicyclic) bond motifs is 1. The molecule has 0 N–H and O–H groups in total.